The van der Waals surface area contributed by atoms with E-state index in [9.17, 15) is 26.3 Å². The highest BCUT2D eigenvalue weighted by molar-refractivity contribution is 5.64. The third-order valence-corrected chi connectivity index (χ3v) is 6.42. The highest BCUT2D eigenvalue weighted by Gasteiger charge is 2.34. The molecule has 0 aliphatic carbocycles. The van der Waals surface area contributed by atoms with Crippen LogP contribution in [0.1, 0.15) is 23.3 Å². The van der Waals surface area contributed by atoms with Gasteiger partial charge in [0.15, 0.2) is 5.76 Å². The number of halogens is 6. The Kier molecular flexibility index (Phi) is 8.13. The fourth-order valence-corrected chi connectivity index (χ4v) is 4.49. The minimum atomic E-state index is -4.48. The van der Waals surface area contributed by atoms with E-state index in [1.54, 1.807) is 6.07 Å². The number of piperazine rings is 1. The van der Waals surface area contributed by atoms with Crippen LogP contribution in [0.15, 0.2) is 59.1 Å². The molecule has 200 valence electrons. The Balaban J connectivity index is 1.22. The van der Waals surface area contributed by atoms with Crippen LogP contribution in [0.25, 0.3) is 11.3 Å². The monoisotopic (exact) mass is 526 g/mol. The molecule has 0 spiro atoms. The number of nitrogens with zero attached hydrogens (tertiary/aromatic N) is 4. The second-order valence-electron chi connectivity index (χ2n) is 9.19. The normalized spacial score (nSPS) is 15.5. The summed E-state index contributed by atoms with van der Waals surface area (Å²) in [6.07, 6.45) is -7.98. The molecule has 0 amide bonds. The van der Waals surface area contributed by atoms with E-state index in [1.165, 1.54) is 36.4 Å². The van der Waals surface area contributed by atoms with E-state index in [0.717, 1.165) is 44.7 Å². The average Bonchev–Trinajstić information content (AvgIpc) is 3.32. The molecule has 4 rings (SSSR count). The summed E-state index contributed by atoms with van der Waals surface area (Å²) in [5.74, 6) is 0.476. The summed E-state index contributed by atoms with van der Waals surface area (Å²) >= 11 is 0. The van der Waals surface area contributed by atoms with Gasteiger partial charge in [0.2, 0.25) is 0 Å². The van der Waals surface area contributed by atoms with Crippen LogP contribution in [0, 0.1) is 0 Å². The summed E-state index contributed by atoms with van der Waals surface area (Å²) in [6, 6.07) is 12.2. The first-order chi connectivity index (χ1) is 17.5. The van der Waals surface area contributed by atoms with Crippen molar-refractivity contribution in [3.8, 4) is 11.3 Å². The Labute approximate surface area is 211 Å². The second-order valence-corrected chi connectivity index (χ2v) is 9.19. The lowest BCUT2D eigenvalue weighted by molar-refractivity contribution is -0.138. The number of alkyl halides is 6. The molecule has 0 unspecified atom stereocenters. The maximum Gasteiger partial charge on any atom is 0.417 e. The van der Waals surface area contributed by atoms with Crippen LogP contribution >= 0.6 is 0 Å². The van der Waals surface area contributed by atoms with Gasteiger partial charge in [-0.2, -0.15) is 26.3 Å². The molecule has 1 saturated heterocycles. The van der Waals surface area contributed by atoms with Crippen molar-refractivity contribution >= 4 is 5.69 Å². The SMILES string of the molecule is CN(CCCN1CCN(c2cccc(C(F)(F)F)c2)CC1)Cc1cc(-c2ccccc2C(F)(F)F)no1. The summed E-state index contributed by atoms with van der Waals surface area (Å²) in [5.41, 5.74) is -0.680. The number of hydrogen-bond acceptors (Lipinski definition) is 5. The van der Waals surface area contributed by atoms with Crippen molar-refractivity contribution in [2.24, 2.45) is 0 Å². The van der Waals surface area contributed by atoms with Crippen LogP contribution in [0.3, 0.4) is 0 Å². The van der Waals surface area contributed by atoms with Gasteiger partial charge in [0.05, 0.1) is 17.7 Å². The van der Waals surface area contributed by atoms with Crippen molar-refractivity contribution in [3.63, 3.8) is 0 Å². The fourth-order valence-electron chi connectivity index (χ4n) is 4.49. The number of anilines is 1. The summed E-state index contributed by atoms with van der Waals surface area (Å²) in [6.45, 7) is 4.79. The zero-order valence-corrected chi connectivity index (χ0v) is 20.3. The van der Waals surface area contributed by atoms with Crippen LogP contribution in [-0.4, -0.2) is 61.3 Å². The smallest absolute Gasteiger partial charge is 0.369 e. The van der Waals surface area contributed by atoms with E-state index in [0.29, 0.717) is 31.1 Å². The third-order valence-electron chi connectivity index (χ3n) is 6.42. The summed E-state index contributed by atoms with van der Waals surface area (Å²) in [5, 5.41) is 3.84. The Morgan fingerprint density at radius 1 is 0.892 bits per heavy atom. The van der Waals surface area contributed by atoms with Crippen molar-refractivity contribution in [1.82, 2.24) is 15.0 Å². The quantitative estimate of drug-likeness (QED) is 0.336. The lowest BCUT2D eigenvalue weighted by Crippen LogP contribution is -2.47. The van der Waals surface area contributed by atoms with Gasteiger partial charge in [-0.25, -0.2) is 0 Å². The van der Waals surface area contributed by atoms with Gasteiger partial charge in [0.25, 0.3) is 0 Å². The topological polar surface area (TPSA) is 35.8 Å². The van der Waals surface area contributed by atoms with Crippen LogP contribution < -0.4 is 4.90 Å². The summed E-state index contributed by atoms with van der Waals surface area (Å²) in [7, 11) is 1.90. The molecule has 1 fully saturated rings. The molecule has 5 nitrogen and oxygen atoms in total. The molecule has 1 aliphatic rings. The first kappa shape index (κ1) is 27.0. The third kappa shape index (κ3) is 7.04. The number of rotatable bonds is 8. The lowest BCUT2D eigenvalue weighted by atomic mass is 10.0. The zero-order valence-electron chi connectivity index (χ0n) is 20.3. The van der Waals surface area contributed by atoms with Crippen molar-refractivity contribution in [2.75, 3.05) is 51.2 Å². The lowest BCUT2D eigenvalue weighted by Gasteiger charge is -2.36. The number of aromatic nitrogens is 1. The van der Waals surface area contributed by atoms with E-state index in [1.807, 2.05) is 16.8 Å². The van der Waals surface area contributed by atoms with E-state index in [4.69, 9.17) is 4.52 Å². The molecule has 0 radical (unpaired) electrons. The van der Waals surface area contributed by atoms with Gasteiger partial charge in [-0.1, -0.05) is 29.4 Å². The molecule has 3 aromatic rings. The minimum Gasteiger partial charge on any atom is -0.369 e. The first-order valence-electron chi connectivity index (χ1n) is 12.0. The molecule has 0 saturated carbocycles. The van der Waals surface area contributed by atoms with Crippen molar-refractivity contribution < 1.29 is 30.9 Å². The Hall–Kier alpha value is -3.05. The zero-order chi connectivity index (χ0) is 26.6. The van der Waals surface area contributed by atoms with Gasteiger partial charge in [-0.15, -0.1) is 0 Å². The van der Waals surface area contributed by atoms with Crippen LogP contribution in [0.4, 0.5) is 32.0 Å². The van der Waals surface area contributed by atoms with Gasteiger partial charge in [-0.3, -0.25) is 9.80 Å². The summed E-state index contributed by atoms with van der Waals surface area (Å²) < 4.78 is 84.2. The first-order valence-corrected chi connectivity index (χ1v) is 12.0. The Bertz CT molecular complexity index is 1170. The van der Waals surface area contributed by atoms with Gasteiger partial charge >= 0.3 is 12.4 Å². The van der Waals surface area contributed by atoms with E-state index >= 15 is 0 Å². The summed E-state index contributed by atoms with van der Waals surface area (Å²) in [4.78, 5) is 6.26. The molecule has 2 aromatic carbocycles. The minimum absolute atomic E-state index is 0.0167. The molecule has 2 heterocycles. The van der Waals surface area contributed by atoms with Crippen molar-refractivity contribution in [1.29, 1.82) is 0 Å². The average molecular weight is 527 g/mol. The molecular formula is C26H28F6N4O. The van der Waals surface area contributed by atoms with Crippen LogP contribution in [0.2, 0.25) is 0 Å². The standard InChI is InChI=1S/C26H28F6N4O/c1-34(18-21-17-24(33-37-21)22-8-2-3-9-23(22)26(30,31)32)10-5-11-35-12-14-36(15-13-35)20-7-4-6-19(16-20)25(27,28)29/h2-4,6-9,16-17H,5,10-15,18H2,1H3. The highest BCUT2D eigenvalue weighted by atomic mass is 19.4. The Morgan fingerprint density at radius 2 is 1.62 bits per heavy atom. The van der Waals surface area contributed by atoms with Crippen molar-refractivity contribution in [2.45, 2.75) is 25.3 Å². The second kappa shape index (κ2) is 11.1. The highest BCUT2D eigenvalue weighted by Crippen LogP contribution is 2.36. The maximum absolute atomic E-state index is 13.3. The van der Waals surface area contributed by atoms with Gasteiger partial charge in [0, 0.05) is 43.5 Å². The number of benzene rings is 2. The van der Waals surface area contributed by atoms with Gasteiger partial charge in [-0.05, 0) is 50.8 Å². The van der Waals surface area contributed by atoms with Crippen molar-refractivity contribution in [3.05, 3.63) is 71.5 Å². The number of hydrogen-bond donors (Lipinski definition) is 0. The molecular weight excluding hydrogens is 498 g/mol. The fraction of sp³-hybridized carbons (Fsp3) is 0.423. The molecule has 1 aromatic heterocycles. The Morgan fingerprint density at radius 3 is 2.32 bits per heavy atom. The van der Waals surface area contributed by atoms with E-state index < -0.39 is 23.5 Å². The van der Waals surface area contributed by atoms with Crippen LogP contribution in [-0.2, 0) is 18.9 Å². The molecule has 0 N–H and O–H groups in total. The molecule has 0 bridgehead atoms. The van der Waals surface area contributed by atoms with E-state index in [2.05, 4.69) is 10.1 Å². The molecule has 11 heteroatoms. The van der Waals surface area contributed by atoms with Gasteiger partial charge < -0.3 is 9.42 Å². The van der Waals surface area contributed by atoms with E-state index in [-0.39, 0.29) is 11.3 Å². The predicted molar refractivity (Wildman–Crippen MR) is 128 cm³/mol. The maximum atomic E-state index is 13.3. The van der Waals surface area contributed by atoms with Crippen LogP contribution in [0.5, 0.6) is 0 Å². The van der Waals surface area contributed by atoms with Gasteiger partial charge in [0.1, 0.15) is 5.69 Å². The molecule has 1 aliphatic heterocycles. The molecule has 0 atom stereocenters. The molecule has 37 heavy (non-hydrogen) atoms. The largest absolute Gasteiger partial charge is 0.417 e. The predicted octanol–water partition coefficient (Wildman–Crippen LogP) is 6.02.